The summed E-state index contributed by atoms with van der Waals surface area (Å²) >= 11 is 0. The molecule has 2 heterocycles. The van der Waals surface area contributed by atoms with Crippen molar-refractivity contribution in [2.75, 3.05) is 104 Å². The van der Waals surface area contributed by atoms with Crippen LogP contribution < -0.4 is 0 Å². The molecule has 2 rings (SSSR count). The van der Waals surface area contributed by atoms with Crippen molar-refractivity contribution in [1.29, 1.82) is 0 Å². The summed E-state index contributed by atoms with van der Waals surface area (Å²) in [5.74, 6) is 0.349. The molecule has 2 aliphatic heterocycles. The van der Waals surface area contributed by atoms with Crippen LogP contribution >= 0.6 is 0 Å². The first-order chi connectivity index (χ1) is 12.2. The Bertz CT molecular complexity index is 394. The van der Waals surface area contributed by atoms with Gasteiger partial charge >= 0.3 is 0 Å². The molecule has 0 aromatic rings. The molecule has 0 atom stereocenters. The highest BCUT2D eigenvalue weighted by atomic mass is 32.2. The minimum atomic E-state index is -3.09. The van der Waals surface area contributed by atoms with Crippen molar-refractivity contribution >= 4 is 9.84 Å². The van der Waals surface area contributed by atoms with Gasteiger partial charge in [0.1, 0.15) is 0 Å². The molecule has 9 heteroatoms. The van der Waals surface area contributed by atoms with Crippen molar-refractivity contribution in [3.8, 4) is 0 Å². The maximum Gasteiger partial charge on any atom is 0.152 e. The molecule has 0 aliphatic carbocycles. The van der Waals surface area contributed by atoms with Gasteiger partial charge < -0.3 is 18.9 Å². The minimum Gasteiger partial charge on any atom is -0.378 e. The summed E-state index contributed by atoms with van der Waals surface area (Å²) < 4.78 is 47.1. The van der Waals surface area contributed by atoms with E-state index in [9.17, 15) is 8.42 Å². The molecule has 0 amide bonds. The minimum absolute atomic E-state index is 0.174. The molecule has 0 aromatic heterocycles. The third-order valence-corrected chi connectivity index (χ3v) is 6.00. The molecule has 25 heavy (non-hydrogen) atoms. The van der Waals surface area contributed by atoms with Crippen LogP contribution in [0.25, 0.3) is 0 Å². The van der Waals surface area contributed by atoms with Crippen molar-refractivity contribution in [3.05, 3.63) is 0 Å². The topological polar surface area (TPSA) is 77.5 Å². The number of sulfone groups is 1. The summed E-state index contributed by atoms with van der Waals surface area (Å²) in [4.78, 5) is 4.19. The van der Waals surface area contributed by atoms with Gasteiger partial charge in [0.25, 0.3) is 0 Å². The summed E-state index contributed by atoms with van der Waals surface area (Å²) in [6, 6.07) is 0. The molecular formula is C16H32N2O6S. The Kier molecular flexibility index (Phi) is 10.2. The van der Waals surface area contributed by atoms with Gasteiger partial charge in [-0.15, -0.1) is 0 Å². The van der Waals surface area contributed by atoms with E-state index in [4.69, 9.17) is 18.9 Å². The number of rotatable bonds is 0. The molecule has 8 nitrogen and oxygen atoms in total. The van der Waals surface area contributed by atoms with Crippen LogP contribution in [0.2, 0.25) is 0 Å². The Morgan fingerprint density at radius 2 is 0.800 bits per heavy atom. The van der Waals surface area contributed by atoms with Crippen molar-refractivity contribution in [1.82, 2.24) is 9.80 Å². The van der Waals surface area contributed by atoms with E-state index in [1.807, 2.05) is 0 Å². The van der Waals surface area contributed by atoms with Gasteiger partial charge in [-0.1, -0.05) is 0 Å². The third kappa shape index (κ3) is 9.83. The predicted octanol–water partition coefficient (Wildman–Crippen LogP) is -0.901. The van der Waals surface area contributed by atoms with Gasteiger partial charge in [0.2, 0.25) is 0 Å². The average molecular weight is 381 g/mol. The highest BCUT2D eigenvalue weighted by Crippen LogP contribution is 2.00. The van der Waals surface area contributed by atoms with Crippen LogP contribution in [-0.2, 0) is 28.8 Å². The average Bonchev–Trinajstić information content (AvgIpc) is 2.60. The van der Waals surface area contributed by atoms with Crippen LogP contribution in [0.3, 0.4) is 0 Å². The predicted molar refractivity (Wildman–Crippen MR) is 94.8 cm³/mol. The first-order valence-corrected chi connectivity index (χ1v) is 10.9. The van der Waals surface area contributed by atoms with E-state index in [1.165, 1.54) is 0 Å². The highest BCUT2D eigenvalue weighted by molar-refractivity contribution is 7.91. The first kappa shape index (κ1) is 21.0. The molecular weight excluding hydrogens is 348 g/mol. The molecule has 0 aromatic carbocycles. The van der Waals surface area contributed by atoms with E-state index in [2.05, 4.69) is 9.80 Å². The third-order valence-electron chi connectivity index (χ3n) is 4.39. The summed E-state index contributed by atoms with van der Waals surface area (Å²) in [7, 11) is -3.09. The number of hydrogen-bond donors (Lipinski definition) is 0. The zero-order valence-electron chi connectivity index (χ0n) is 15.1. The highest BCUT2D eigenvalue weighted by Gasteiger charge is 2.17. The summed E-state index contributed by atoms with van der Waals surface area (Å²) in [6.07, 6.45) is 0. The van der Waals surface area contributed by atoms with E-state index >= 15 is 0 Å². The van der Waals surface area contributed by atoms with Crippen molar-refractivity contribution < 1.29 is 27.4 Å². The Hall–Kier alpha value is -0.290. The lowest BCUT2D eigenvalue weighted by Gasteiger charge is -2.22. The molecule has 2 aliphatic rings. The van der Waals surface area contributed by atoms with E-state index in [0.717, 1.165) is 0 Å². The van der Waals surface area contributed by atoms with Crippen LogP contribution in [-0.4, -0.2) is 122 Å². The Balaban J connectivity index is 2.03. The van der Waals surface area contributed by atoms with E-state index in [0.29, 0.717) is 92.1 Å². The number of ether oxygens (including phenoxy) is 4. The van der Waals surface area contributed by atoms with Crippen molar-refractivity contribution in [2.45, 2.75) is 0 Å². The molecule has 0 spiro atoms. The van der Waals surface area contributed by atoms with E-state index in [1.54, 1.807) is 0 Å². The molecule has 148 valence electrons. The van der Waals surface area contributed by atoms with E-state index in [-0.39, 0.29) is 11.5 Å². The zero-order chi connectivity index (χ0) is 17.8. The Morgan fingerprint density at radius 3 is 1.12 bits per heavy atom. The SMILES string of the molecule is O=S1(=O)CCN2CCOCCOCCN(CCOCCOCC2)CC1. The fraction of sp³-hybridized carbons (Fsp3) is 1.00. The molecule has 0 unspecified atom stereocenters. The van der Waals surface area contributed by atoms with Crippen molar-refractivity contribution in [3.63, 3.8) is 0 Å². The Labute approximate surface area is 151 Å². The van der Waals surface area contributed by atoms with Crippen LogP contribution in [0, 0.1) is 0 Å². The number of fused-ring (bicyclic) bond motifs is 6. The standard InChI is InChI=1S/C16H32N2O6S/c19-25(20)15-5-17-1-7-21-11-12-23-9-3-18(6-16-25)4-10-24-14-13-22-8-2-17/h1-16H2. The molecule has 0 N–H and O–H groups in total. The molecule has 2 saturated heterocycles. The van der Waals surface area contributed by atoms with Gasteiger partial charge in [-0.3, -0.25) is 9.80 Å². The lowest BCUT2D eigenvalue weighted by molar-refractivity contribution is 0.00977. The summed E-state index contributed by atoms with van der Waals surface area (Å²) in [5.41, 5.74) is 0. The fourth-order valence-corrected chi connectivity index (χ4v) is 4.00. The molecule has 2 fully saturated rings. The zero-order valence-corrected chi connectivity index (χ0v) is 15.9. The van der Waals surface area contributed by atoms with Gasteiger partial charge in [-0.2, -0.15) is 0 Å². The first-order valence-electron chi connectivity index (χ1n) is 9.12. The maximum absolute atomic E-state index is 12.4. The van der Waals surface area contributed by atoms with Gasteiger partial charge in [0.05, 0.1) is 64.4 Å². The lowest BCUT2D eigenvalue weighted by atomic mass is 10.4. The van der Waals surface area contributed by atoms with Crippen LogP contribution in [0.15, 0.2) is 0 Å². The quantitative estimate of drug-likeness (QED) is 0.535. The van der Waals surface area contributed by atoms with Gasteiger partial charge in [-0.25, -0.2) is 8.42 Å². The Morgan fingerprint density at radius 1 is 0.480 bits per heavy atom. The van der Waals surface area contributed by atoms with Crippen molar-refractivity contribution in [2.24, 2.45) is 0 Å². The van der Waals surface area contributed by atoms with Crippen LogP contribution in [0.1, 0.15) is 0 Å². The van der Waals surface area contributed by atoms with E-state index < -0.39 is 9.84 Å². The van der Waals surface area contributed by atoms with Gasteiger partial charge in [0.15, 0.2) is 9.84 Å². The molecule has 0 saturated carbocycles. The number of hydrogen-bond acceptors (Lipinski definition) is 8. The monoisotopic (exact) mass is 380 g/mol. The number of nitrogens with zero attached hydrogens (tertiary/aromatic N) is 2. The van der Waals surface area contributed by atoms with Crippen LogP contribution in [0.4, 0.5) is 0 Å². The summed E-state index contributed by atoms with van der Waals surface area (Å²) in [6.45, 7) is 8.33. The van der Waals surface area contributed by atoms with Gasteiger partial charge in [0, 0.05) is 39.3 Å². The second-order valence-corrected chi connectivity index (χ2v) is 8.59. The normalized spacial score (nSPS) is 31.8. The molecule has 0 radical (unpaired) electrons. The smallest absolute Gasteiger partial charge is 0.152 e. The fourth-order valence-electron chi connectivity index (χ4n) is 2.73. The maximum atomic E-state index is 12.4. The second-order valence-electron chi connectivity index (χ2n) is 6.28. The lowest BCUT2D eigenvalue weighted by Crippen LogP contribution is -2.37. The van der Waals surface area contributed by atoms with Gasteiger partial charge in [-0.05, 0) is 0 Å². The largest absolute Gasteiger partial charge is 0.378 e. The second kappa shape index (κ2) is 12.2. The molecule has 2 bridgehead atoms. The van der Waals surface area contributed by atoms with Crippen LogP contribution in [0.5, 0.6) is 0 Å². The summed E-state index contributed by atoms with van der Waals surface area (Å²) in [5, 5.41) is 0.